The molecule has 144 valence electrons. The quantitative estimate of drug-likeness (QED) is 0.837. The van der Waals surface area contributed by atoms with Crippen LogP contribution in [0.5, 0.6) is 5.88 Å². The molecule has 1 saturated carbocycles. The zero-order valence-electron chi connectivity index (χ0n) is 16.3. The lowest BCUT2D eigenvalue weighted by Gasteiger charge is -2.19. The molecule has 1 aliphatic rings. The number of pyridine rings is 1. The molecule has 0 radical (unpaired) electrons. The topological polar surface area (TPSA) is 83.5 Å². The molecule has 3 rings (SSSR count). The third kappa shape index (κ3) is 4.64. The smallest absolute Gasteiger partial charge is 0.257 e. The van der Waals surface area contributed by atoms with Crippen LogP contribution in [0.2, 0.25) is 0 Å². The van der Waals surface area contributed by atoms with E-state index in [9.17, 15) is 4.79 Å². The maximum absolute atomic E-state index is 12.6. The molecule has 0 aromatic carbocycles. The fourth-order valence-corrected chi connectivity index (χ4v) is 2.96. The number of amides is 1. The summed E-state index contributed by atoms with van der Waals surface area (Å²) in [4.78, 5) is 29.3. The van der Waals surface area contributed by atoms with Crippen LogP contribution in [0.4, 0.5) is 17.5 Å². The number of anilines is 3. The lowest BCUT2D eigenvalue weighted by Crippen LogP contribution is -2.21. The molecule has 0 unspecified atom stereocenters. The van der Waals surface area contributed by atoms with Crippen molar-refractivity contribution in [3.8, 4) is 5.88 Å². The first-order chi connectivity index (χ1) is 12.9. The first-order valence-electron chi connectivity index (χ1n) is 9.10. The minimum absolute atomic E-state index is 0.243. The summed E-state index contributed by atoms with van der Waals surface area (Å²) in [7, 11) is 7.48. The molecule has 1 fully saturated rings. The average Bonchev–Trinajstić information content (AvgIpc) is 3.15. The number of hydrogen-bond donors (Lipinski definition) is 1. The summed E-state index contributed by atoms with van der Waals surface area (Å²) in [6.07, 6.45) is 7.93. The Kier molecular flexibility index (Phi) is 5.73. The summed E-state index contributed by atoms with van der Waals surface area (Å²) < 4.78 is 5.84. The van der Waals surface area contributed by atoms with E-state index in [2.05, 4.69) is 20.3 Å². The number of carbonyl (C=O) groups excluding carboxylic acids is 1. The maximum atomic E-state index is 12.6. The Hall–Kier alpha value is -2.90. The van der Waals surface area contributed by atoms with Crippen LogP contribution in [0.3, 0.4) is 0 Å². The zero-order valence-corrected chi connectivity index (χ0v) is 16.3. The van der Waals surface area contributed by atoms with Crippen molar-refractivity contribution in [3.05, 3.63) is 30.1 Å². The normalized spacial score (nSPS) is 14.1. The molecular weight excluding hydrogens is 344 g/mol. The summed E-state index contributed by atoms with van der Waals surface area (Å²) in [6.45, 7) is 0. The Morgan fingerprint density at radius 3 is 2.41 bits per heavy atom. The Bertz CT molecular complexity index is 785. The van der Waals surface area contributed by atoms with Crippen LogP contribution in [0.1, 0.15) is 36.0 Å². The molecule has 2 aromatic heterocycles. The minimum atomic E-state index is -0.265. The minimum Gasteiger partial charge on any atom is -0.474 e. The van der Waals surface area contributed by atoms with E-state index in [1.807, 2.05) is 38.0 Å². The number of nitrogens with zero attached hydrogens (tertiary/aromatic N) is 5. The molecule has 27 heavy (non-hydrogen) atoms. The Balaban J connectivity index is 1.71. The van der Waals surface area contributed by atoms with E-state index in [1.54, 1.807) is 18.3 Å². The number of hydrogen-bond acceptors (Lipinski definition) is 7. The van der Waals surface area contributed by atoms with Gasteiger partial charge in [0.05, 0.1) is 11.8 Å². The van der Waals surface area contributed by atoms with Gasteiger partial charge in [0.2, 0.25) is 11.8 Å². The highest BCUT2D eigenvalue weighted by molar-refractivity contribution is 6.05. The molecule has 1 aliphatic carbocycles. The molecule has 2 heterocycles. The van der Waals surface area contributed by atoms with Crippen LogP contribution in [-0.2, 0) is 0 Å². The number of rotatable bonds is 6. The fourth-order valence-electron chi connectivity index (χ4n) is 2.96. The first-order valence-corrected chi connectivity index (χ1v) is 9.10. The van der Waals surface area contributed by atoms with Gasteiger partial charge >= 0.3 is 0 Å². The summed E-state index contributed by atoms with van der Waals surface area (Å²) in [5.41, 5.74) is 0.997. The lowest BCUT2D eigenvalue weighted by molar-refractivity contribution is 0.102. The molecular formula is C19H26N6O2. The van der Waals surface area contributed by atoms with Crippen LogP contribution >= 0.6 is 0 Å². The third-order valence-electron chi connectivity index (χ3n) is 4.42. The van der Waals surface area contributed by atoms with Gasteiger partial charge in [-0.2, -0.15) is 4.98 Å². The summed E-state index contributed by atoms with van der Waals surface area (Å²) in [5.74, 6) is 1.51. The SMILES string of the molecule is CN(C)c1ncc(NC(=O)c2ccc(OC3CCCC3)nc2)c(N(C)C)n1. The number of aromatic nitrogens is 3. The molecule has 8 nitrogen and oxygen atoms in total. The average molecular weight is 370 g/mol. The molecule has 0 saturated heterocycles. The van der Waals surface area contributed by atoms with Gasteiger partial charge in [0.1, 0.15) is 11.8 Å². The summed E-state index contributed by atoms with van der Waals surface area (Å²) >= 11 is 0. The highest BCUT2D eigenvalue weighted by Gasteiger charge is 2.18. The van der Waals surface area contributed by atoms with Gasteiger partial charge in [-0.1, -0.05) is 0 Å². The van der Waals surface area contributed by atoms with E-state index < -0.39 is 0 Å². The molecule has 0 atom stereocenters. The predicted octanol–water partition coefficient (Wildman–Crippen LogP) is 2.58. The summed E-state index contributed by atoms with van der Waals surface area (Å²) in [5, 5.41) is 2.86. The van der Waals surface area contributed by atoms with Gasteiger partial charge in [-0.05, 0) is 31.7 Å². The van der Waals surface area contributed by atoms with Crippen LogP contribution in [0.25, 0.3) is 0 Å². The van der Waals surface area contributed by atoms with Crippen molar-refractivity contribution >= 4 is 23.4 Å². The lowest BCUT2D eigenvalue weighted by atomic mass is 10.2. The van der Waals surface area contributed by atoms with Crippen molar-refractivity contribution in [2.24, 2.45) is 0 Å². The molecule has 1 N–H and O–H groups in total. The van der Waals surface area contributed by atoms with Crippen molar-refractivity contribution in [3.63, 3.8) is 0 Å². The van der Waals surface area contributed by atoms with Gasteiger partial charge in [0.15, 0.2) is 5.82 Å². The van der Waals surface area contributed by atoms with Crippen LogP contribution in [-0.4, -0.2) is 55.2 Å². The van der Waals surface area contributed by atoms with Gasteiger partial charge in [0.25, 0.3) is 5.91 Å². The number of carbonyl (C=O) groups is 1. The van der Waals surface area contributed by atoms with E-state index in [0.717, 1.165) is 12.8 Å². The fraction of sp³-hybridized carbons (Fsp3) is 0.474. The van der Waals surface area contributed by atoms with Gasteiger partial charge in [-0.3, -0.25) is 4.79 Å². The largest absolute Gasteiger partial charge is 0.474 e. The molecule has 1 amide bonds. The van der Waals surface area contributed by atoms with E-state index in [4.69, 9.17) is 4.74 Å². The van der Waals surface area contributed by atoms with Crippen LogP contribution in [0, 0.1) is 0 Å². The Morgan fingerprint density at radius 2 is 1.81 bits per heavy atom. The van der Waals surface area contributed by atoms with Crippen molar-refractivity contribution in [2.75, 3.05) is 43.3 Å². The number of ether oxygens (including phenoxy) is 1. The molecule has 0 spiro atoms. The zero-order chi connectivity index (χ0) is 19.4. The van der Waals surface area contributed by atoms with Crippen molar-refractivity contribution in [1.82, 2.24) is 15.0 Å². The second-order valence-electron chi connectivity index (χ2n) is 7.06. The number of nitrogens with one attached hydrogen (secondary N) is 1. The molecule has 0 bridgehead atoms. The van der Waals surface area contributed by atoms with Gasteiger partial charge in [0, 0.05) is 40.5 Å². The van der Waals surface area contributed by atoms with E-state index in [0.29, 0.717) is 28.9 Å². The molecule has 2 aromatic rings. The van der Waals surface area contributed by atoms with Gasteiger partial charge in [-0.25, -0.2) is 9.97 Å². The van der Waals surface area contributed by atoms with Gasteiger partial charge < -0.3 is 19.9 Å². The van der Waals surface area contributed by atoms with Crippen LogP contribution < -0.4 is 19.9 Å². The van der Waals surface area contributed by atoms with E-state index in [1.165, 1.54) is 19.0 Å². The van der Waals surface area contributed by atoms with Crippen molar-refractivity contribution < 1.29 is 9.53 Å². The highest BCUT2D eigenvalue weighted by Crippen LogP contribution is 2.25. The summed E-state index contributed by atoms with van der Waals surface area (Å²) in [6, 6.07) is 3.46. The highest BCUT2D eigenvalue weighted by atomic mass is 16.5. The maximum Gasteiger partial charge on any atom is 0.257 e. The van der Waals surface area contributed by atoms with Gasteiger partial charge in [-0.15, -0.1) is 0 Å². The van der Waals surface area contributed by atoms with Crippen LogP contribution in [0.15, 0.2) is 24.5 Å². The van der Waals surface area contributed by atoms with E-state index >= 15 is 0 Å². The predicted molar refractivity (Wildman–Crippen MR) is 106 cm³/mol. The second-order valence-corrected chi connectivity index (χ2v) is 7.06. The van der Waals surface area contributed by atoms with E-state index in [-0.39, 0.29) is 12.0 Å². The third-order valence-corrected chi connectivity index (χ3v) is 4.42. The Morgan fingerprint density at radius 1 is 1.07 bits per heavy atom. The first kappa shape index (κ1) is 18.9. The van der Waals surface area contributed by atoms with Crippen molar-refractivity contribution in [1.29, 1.82) is 0 Å². The standard InChI is InChI=1S/C19H26N6O2/c1-24(2)17-15(12-21-19(23-17)25(3)4)22-18(26)13-9-10-16(20-11-13)27-14-7-5-6-8-14/h9-12,14H,5-8H2,1-4H3,(H,22,26). The molecule has 8 heteroatoms. The van der Waals surface area contributed by atoms with Crippen molar-refractivity contribution in [2.45, 2.75) is 31.8 Å². The monoisotopic (exact) mass is 370 g/mol. The Labute approximate surface area is 159 Å². The molecule has 0 aliphatic heterocycles. The second kappa shape index (κ2) is 8.20.